The molecule has 6 nitrogen and oxygen atoms in total. The summed E-state index contributed by atoms with van der Waals surface area (Å²) in [6.07, 6.45) is 6.28. The number of aromatic nitrogens is 2. The maximum Gasteiger partial charge on any atom is 0.261 e. The molecule has 24 heavy (non-hydrogen) atoms. The van der Waals surface area contributed by atoms with Crippen LogP contribution >= 0.6 is 0 Å². The summed E-state index contributed by atoms with van der Waals surface area (Å²) in [6.45, 7) is 11.7. The van der Waals surface area contributed by atoms with E-state index in [1.807, 2.05) is 40.7 Å². The maximum absolute atomic E-state index is 12.4. The summed E-state index contributed by atoms with van der Waals surface area (Å²) >= 11 is 0. The van der Waals surface area contributed by atoms with Gasteiger partial charge in [-0.25, -0.2) is 4.98 Å². The summed E-state index contributed by atoms with van der Waals surface area (Å²) < 4.78 is 1.31. The second-order valence-electron chi connectivity index (χ2n) is 4.62. The summed E-state index contributed by atoms with van der Waals surface area (Å²) in [5.74, 6) is -0.745. The molecular formula is C18H29N3O3. The molecule has 2 heterocycles. The molecule has 0 bridgehead atoms. The zero-order valence-corrected chi connectivity index (χ0v) is 15.5. The standard InChI is InChI=1S/C14H17N3O3.2C2H6/c1-3-5-10-9(4-2)14(20)17(8-15-10)11-6-7-12(18)16-13(11)19;2*1-2/h4-5,8,11H,3,6-7H2,1-2H3,(H,16,18,19);2*1-2H3/b9-4+,10-5+;;. The molecule has 0 aromatic carbocycles. The van der Waals surface area contributed by atoms with Crippen LogP contribution in [0.1, 0.15) is 66.8 Å². The Bertz CT molecular complexity index is 720. The van der Waals surface area contributed by atoms with Crippen LogP contribution in [0.5, 0.6) is 0 Å². The molecule has 1 aliphatic heterocycles. The molecule has 134 valence electrons. The number of amides is 2. The fraction of sp³-hybridized carbons (Fsp3) is 0.556. The van der Waals surface area contributed by atoms with Crippen LogP contribution in [0.15, 0.2) is 11.1 Å². The van der Waals surface area contributed by atoms with Gasteiger partial charge in [-0.3, -0.25) is 24.3 Å². The van der Waals surface area contributed by atoms with E-state index in [1.54, 1.807) is 13.0 Å². The second kappa shape index (κ2) is 11.3. The molecule has 1 atom stereocenters. The normalized spacial score (nSPS) is 18.2. The fourth-order valence-corrected chi connectivity index (χ4v) is 2.29. The van der Waals surface area contributed by atoms with Crippen LogP contribution in [-0.4, -0.2) is 21.4 Å². The van der Waals surface area contributed by atoms with Crippen molar-refractivity contribution in [2.24, 2.45) is 0 Å². The topological polar surface area (TPSA) is 81.1 Å². The molecule has 0 spiro atoms. The Balaban J connectivity index is 0.00000123. The van der Waals surface area contributed by atoms with Gasteiger partial charge in [0.25, 0.3) is 5.56 Å². The minimum Gasteiger partial charge on any atom is -0.295 e. The Kier molecular flexibility index (Phi) is 10.3. The van der Waals surface area contributed by atoms with Gasteiger partial charge in [0.05, 0.1) is 16.9 Å². The van der Waals surface area contributed by atoms with Gasteiger partial charge in [-0.1, -0.05) is 46.8 Å². The van der Waals surface area contributed by atoms with Crippen molar-refractivity contribution >= 4 is 24.0 Å². The van der Waals surface area contributed by atoms with E-state index < -0.39 is 11.9 Å². The van der Waals surface area contributed by atoms with Crippen molar-refractivity contribution in [2.75, 3.05) is 0 Å². The highest BCUT2D eigenvalue weighted by atomic mass is 16.2. The Morgan fingerprint density at radius 2 is 1.88 bits per heavy atom. The van der Waals surface area contributed by atoms with Gasteiger partial charge < -0.3 is 0 Å². The first-order valence-corrected chi connectivity index (χ1v) is 8.65. The van der Waals surface area contributed by atoms with Crippen LogP contribution in [-0.2, 0) is 9.59 Å². The van der Waals surface area contributed by atoms with Crippen LogP contribution in [0.3, 0.4) is 0 Å². The number of nitrogens with one attached hydrogen (secondary N) is 1. The molecule has 1 N–H and O–H groups in total. The molecule has 1 unspecified atom stereocenters. The number of carbonyl (C=O) groups is 2. The van der Waals surface area contributed by atoms with Crippen molar-refractivity contribution in [1.29, 1.82) is 0 Å². The lowest BCUT2D eigenvalue weighted by atomic mass is 10.1. The van der Waals surface area contributed by atoms with Crippen molar-refractivity contribution < 1.29 is 9.59 Å². The lowest BCUT2D eigenvalue weighted by Crippen LogP contribution is -2.51. The number of piperidine rings is 1. The van der Waals surface area contributed by atoms with Crippen molar-refractivity contribution in [1.82, 2.24) is 14.9 Å². The third-order valence-corrected chi connectivity index (χ3v) is 3.29. The third-order valence-electron chi connectivity index (χ3n) is 3.29. The SMILES string of the molecule is C/C=c1/c(=O)n(C2CCC(=O)NC2=O)cn/c1=C/CC.CC.CC. The minimum atomic E-state index is -0.665. The van der Waals surface area contributed by atoms with Crippen molar-refractivity contribution in [3.05, 3.63) is 27.2 Å². The molecule has 2 rings (SSSR count). The highest BCUT2D eigenvalue weighted by Crippen LogP contribution is 2.15. The molecule has 1 aromatic rings. The van der Waals surface area contributed by atoms with Gasteiger partial charge in [0.1, 0.15) is 6.04 Å². The third kappa shape index (κ3) is 5.15. The molecule has 2 amide bonds. The van der Waals surface area contributed by atoms with E-state index in [0.29, 0.717) is 17.0 Å². The van der Waals surface area contributed by atoms with Gasteiger partial charge in [0.2, 0.25) is 11.8 Å². The number of imide groups is 1. The smallest absolute Gasteiger partial charge is 0.261 e. The van der Waals surface area contributed by atoms with Crippen LogP contribution in [0.4, 0.5) is 0 Å². The van der Waals surface area contributed by atoms with Gasteiger partial charge in [-0.15, -0.1) is 0 Å². The molecular weight excluding hydrogens is 306 g/mol. The van der Waals surface area contributed by atoms with Gasteiger partial charge in [0.15, 0.2) is 0 Å². The van der Waals surface area contributed by atoms with Gasteiger partial charge >= 0.3 is 0 Å². The second-order valence-corrected chi connectivity index (χ2v) is 4.62. The first-order chi connectivity index (χ1) is 11.6. The average molecular weight is 335 g/mol. The predicted octanol–water partition coefficient (Wildman–Crippen LogP) is 1.26. The molecule has 1 aliphatic rings. The fourth-order valence-electron chi connectivity index (χ4n) is 2.29. The molecule has 0 aliphatic carbocycles. The predicted molar refractivity (Wildman–Crippen MR) is 96.8 cm³/mol. The lowest BCUT2D eigenvalue weighted by Gasteiger charge is -2.22. The Hall–Kier alpha value is -2.24. The summed E-state index contributed by atoms with van der Waals surface area (Å²) in [5.41, 5.74) is -0.253. The molecule has 0 saturated carbocycles. The van der Waals surface area contributed by atoms with Crippen LogP contribution in [0.25, 0.3) is 12.2 Å². The van der Waals surface area contributed by atoms with E-state index in [0.717, 1.165) is 6.42 Å². The van der Waals surface area contributed by atoms with E-state index >= 15 is 0 Å². The minimum absolute atomic E-state index is 0.233. The summed E-state index contributed by atoms with van der Waals surface area (Å²) in [7, 11) is 0. The first-order valence-electron chi connectivity index (χ1n) is 8.65. The van der Waals surface area contributed by atoms with E-state index in [-0.39, 0.29) is 17.9 Å². The van der Waals surface area contributed by atoms with Gasteiger partial charge in [-0.05, 0) is 19.8 Å². The van der Waals surface area contributed by atoms with E-state index in [4.69, 9.17) is 0 Å². The maximum atomic E-state index is 12.4. The molecule has 1 aromatic heterocycles. The average Bonchev–Trinajstić information content (AvgIpc) is 2.60. The summed E-state index contributed by atoms with van der Waals surface area (Å²) in [6, 6.07) is -0.665. The number of rotatable bonds is 2. The first kappa shape index (κ1) is 21.8. The van der Waals surface area contributed by atoms with E-state index in [2.05, 4.69) is 10.3 Å². The number of nitrogens with zero attached hydrogens (tertiary/aromatic N) is 2. The van der Waals surface area contributed by atoms with Crippen molar-refractivity contribution in [3.63, 3.8) is 0 Å². The van der Waals surface area contributed by atoms with Crippen LogP contribution in [0, 0.1) is 0 Å². The highest BCUT2D eigenvalue weighted by molar-refractivity contribution is 5.99. The van der Waals surface area contributed by atoms with Crippen LogP contribution in [0.2, 0.25) is 0 Å². The zero-order valence-electron chi connectivity index (χ0n) is 15.5. The molecule has 0 radical (unpaired) electrons. The van der Waals surface area contributed by atoms with E-state index in [9.17, 15) is 14.4 Å². The molecule has 1 fully saturated rings. The highest BCUT2D eigenvalue weighted by Gasteiger charge is 2.28. The molecule has 6 heteroatoms. The Labute approximate surface area is 143 Å². The summed E-state index contributed by atoms with van der Waals surface area (Å²) in [5, 5.41) is 3.36. The van der Waals surface area contributed by atoms with Gasteiger partial charge in [0, 0.05) is 6.42 Å². The Morgan fingerprint density at radius 1 is 1.25 bits per heavy atom. The number of hydrogen-bond acceptors (Lipinski definition) is 4. The number of hydrogen-bond donors (Lipinski definition) is 1. The quantitative estimate of drug-likeness (QED) is 0.825. The molecule has 1 saturated heterocycles. The summed E-state index contributed by atoms with van der Waals surface area (Å²) in [4.78, 5) is 39.7. The monoisotopic (exact) mass is 335 g/mol. The zero-order chi connectivity index (χ0) is 18.7. The van der Waals surface area contributed by atoms with Crippen LogP contribution < -0.4 is 21.4 Å². The Morgan fingerprint density at radius 3 is 2.38 bits per heavy atom. The lowest BCUT2D eigenvalue weighted by molar-refractivity contribution is -0.135. The van der Waals surface area contributed by atoms with Crippen molar-refractivity contribution in [2.45, 2.75) is 66.8 Å². The largest absolute Gasteiger partial charge is 0.295 e. The van der Waals surface area contributed by atoms with E-state index in [1.165, 1.54) is 10.9 Å². The number of carbonyl (C=O) groups excluding carboxylic acids is 2. The van der Waals surface area contributed by atoms with Gasteiger partial charge in [-0.2, -0.15) is 0 Å². The van der Waals surface area contributed by atoms with Crippen molar-refractivity contribution in [3.8, 4) is 0 Å².